The maximum Gasteiger partial charge on any atom is 0.292 e. The zero-order valence-electron chi connectivity index (χ0n) is 16.6. The lowest BCUT2D eigenvalue weighted by Crippen LogP contribution is -2.42. The van der Waals surface area contributed by atoms with Gasteiger partial charge in [0.25, 0.3) is 5.69 Å². The second-order valence-corrected chi connectivity index (χ2v) is 7.66. The monoisotopic (exact) mass is 430 g/mol. The lowest BCUT2D eigenvalue weighted by Gasteiger charge is -2.32. The van der Waals surface area contributed by atoms with E-state index in [9.17, 15) is 19.7 Å². The first-order chi connectivity index (χ1) is 14.3. The van der Waals surface area contributed by atoms with E-state index in [2.05, 4.69) is 10.6 Å². The number of nitro groups is 1. The molecule has 0 radical (unpaired) electrons. The average molecular weight is 431 g/mol. The minimum absolute atomic E-state index is 0.0619. The normalized spacial score (nSPS) is 14.3. The summed E-state index contributed by atoms with van der Waals surface area (Å²) in [4.78, 5) is 37.3. The summed E-state index contributed by atoms with van der Waals surface area (Å²) in [5, 5.41) is 17.0. The first-order valence-corrected chi connectivity index (χ1v) is 10.0. The van der Waals surface area contributed by atoms with Gasteiger partial charge in [-0.1, -0.05) is 29.8 Å². The predicted molar refractivity (Wildman–Crippen MR) is 116 cm³/mol. The average Bonchev–Trinajstić information content (AvgIpc) is 2.74. The SMILES string of the molecule is Cc1ccc(NC(=O)CNC(=O)C2CCN(c3ccccc3[N+](=O)[O-])CC2)c(Cl)c1. The van der Waals surface area contributed by atoms with Crippen LogP contribution in [0.3, 0.4) is 0 Å². The van der Waals surface area contributed by atoms with E-state index in [1.807, 2.05) is 17.9 Å². The molecule has 1 saturated heterocycles. The molecule has 0 atom stereocenters. The van der Waals surface area contributed by atoms with Crippen LogP contribution in [0.25, 0.3) is 0 Å². The van der Waals surface area contributed by atoms with Crippen molar-refractivity contribution in [3.8, 4) is 0 Å². The Bertz CT molecular complexity index is 958. The van der Waals surface area contributed by atoms with Crippen LogP contribution in [-0.2, 0) is 9.59 Å². The number of amides is 2. The minimum atomic E-state index is -0.396. The molecule has 0 aliphatic carbocycles. The van der Waals surface area contributed by atoms with Gasteiger partial charge in [-0.3, -0.25) is 19.7 Å². The molecule has 0 spiro atoms. The van der Waals surface area contributed by atoms with E-state index < -0.39 is 4.92 Å². The highest BCUT2D eigenvalue weighted by Gasteiger charge is 2.28. The second-order valence-electron chi connectivity index (χ2n) is 7.26. The van der Waals surface area contributed by atoms with Crippen LogP contribution in [0.4, 0.5) is 17.1 Å². The van der Waals surface area contributed by atoms with Gasteiger partial charge < -0.3 is 15.5 Å². The molecular formula is C21H23ClN4O4. The quantitative estimate of drug-likeness (QED) is 0.538. The Balaban J connectivity index is 1.49. The van der Waals surface area contributed by atoms with Crippen LogP contribution >= 0.6 is 11.6 Å². The number of aryl methyl sites for hydroxylation is 1. The topological polar surface area (TPSA) is 105 Å². The van der Waals surface area contributed by atoms with Crippen molar-refractivity contribution in [2.45, 2.75) is 19.8 Å². The highest BCUT2D eigenvalue weighted by molar-refractivity contribution is 6.33. The molecule has 1 fully saturated rings. The molecule has 2 aromatic carbocycles. The van der Waals surface area contributed by atoms with Gasteiger partial charge >= 0.3 is 0 Å². The van der Waals surface area contributed by atoms with Gasteiger partial charge in [-0.2, -0.15) is 0 Å². The van der Waals surface area contributed by atoms with Crippen LogP contribution in [0.1, 0.15) is 18.4 Å². The van der Waals surface area contributed by atoms with Crippen molar-refractivity contribution in [2.24, 2.45) is 5.92 Å². The van der Waals surface area contributed by atoms with Gasteiger partial charge in [0, 0.05) is 25.1 Å². The molecule has 2 amide bonds. The Morgan fingerprint density at radius 2 is 1.90 bits per heavy atom. The van der Waals surface area contributed by atoms with Crippen LogP contribution in [0, 0.1) is 23.0 Å². The molecule has 1 aliphatic heterocycles. The smallest absolute Gasteiger partial charge is 0.292 e. The fraction of sp³-hybridized carbons (Fsp3) is 0.333. The minimum Gasteiger partial charge on any atom is -0.366 e. The Kier molecular flexibility index (Phi) is 6.89. The molecule has 0 unspecified atom stereocenters. The van der Waals surface area contributed by atoms with E-state index in [0.717, 1.165) is 5.56 Å². The third kappa shape index (κ3) is 5.27. The molecule has 158 valence electrons. The molecule has 2 N–H and O–H groups in total. The Morgan fingerprint density at radius 1 is 1.20 bits per heavy atom. The molecule has 9 heteroatoms. The maximum absolute atomic E-state index is 12.4. The van der Waals surface area contributed by atoms with Crippen LogP contribution < -0.4 is 15.5 Å². The standard InChI is InChI=1S/C21H23ClN4O4/c1-14-6-7-17(16(22)12-14)24-20(27)13-23-21(28)15-8-10-25(11-9-15)18-4-2-3-5-19(18)26(29)30/h2-7,12,15H,8-11,13H2,1H3,(H,23,28)(H,24,27). The van der Waals surface area contributed by atoms with Crippen LogP contribution in [0.15, 0.2) is 42.5 Å². The number of hydrogen-bond donors (Lipinski definition) is 2. The summed E-state index contributed by atoms with van der Waals surface area (Å²) in [5.74, 6) is -0.784. The summed E-state index contributed by atoms with van der Waals surface area (Å²) in [6, 6.07) is 11.9. The zero-order chi connectivity index (χ0) is 21.7. The number of benzene rings is 2. The number of nitrogens with zero attached hydrogens (tertiary/aromatic N) is 2. The van der Waals surface area contributed by atoms with Crippen molar-refractivity contribution in [1.82, 2.24) is 5.32 Å². The van der Waals surface area contributed by atoms with Gasteiger partial charge in [0.05, 0.1) is 22.2 Å². The lowest BCUT2D eigenvalue weighted by atomic mass is 9.95. The summed E-state index contributed by atoms with van der Waals surface area (Å²) in [6.07, 6.45) is 1.12. The first kappa shape index (κ1) is 21.6. The predicted octanol–water partition coefficient (Wildman–Crippen LogP) is 3.53. The van der Waals surface area contributed by atoms with Gasteiger partial charge in [-0.05, 0) is 43.5 Å². The maximum atomic E-state index is 12.4. The fourth-order valence-electron chi connectivity index (χ4n) is 3.50. The number of carbonyl (C=O) groups excluding carboxylic acids is 2. The van der Waals surface area contributed by atoms with E-state index in [0.29, 0.717) is 42.3 Å². The number of para-hydroxylation sites is 2. The van der Waals surface area contributed by atoms with Gasteiger partial charge in [0.15, 0.2) is 0 Å². The summed E-state index contributed by atoms with van der Waals surface area (Å²) in [7, 11) is 0. The van der Waals surface area contributed by atoms with E-state index in [1.54, 1.807) is 30.3 Å². The van der Waals surface area contributed by atoms with E-state index in [4.69, 9.17) is 11.6 Å². The molecule has 30 heavy (non-hydrogen) atoms. The fourth-order valence-corrected chi connectivity index (χ4v) is 3.78. The van der Waals surface area contributed by atoms with E-state index in [-0.39, 0.29) is 30.0 Å². The van der Waals surface area contributed by atoms with Crippen LogP contribution in [0.5, 0.6) is 0 Å². The molecule has 1 heterocycles. The van der Waals surface area contributed by atoms with Crippen LogP contribution in [0.2, 0.25) is 5.02 Å². The van der Waals surface area contributed by atoms with E-state index in [1.165, 1.54) is 6.07 Å². The molecule has 2 aromatic rings. The van der Waals surface area contributed by atoms with Gasteiger partial charge in [-0.15, -0.1) is 0 Å². The third-order valence-corrected chi connectivity index (χ3v) is 5.42. The number of anilines is 2. The highest BCUT2D eigenvalue weighted by atomic mass is 35.5. The van der Waals surface area contributed by atoms with Crippen molar-refractivity contribution in [1.29, 1.82) is 0 Å². The van der Waals surface area contributed by atoms with Crippen molar-refractivity contribution in [2.75, 3.05) is 29.9 Å². The Hall–Kier alpha value is -3.13. The van der Waals surface area contributed by atoms with Gasteiger partial charge in [0.2, 0.25) is 11.8 Å². The van der Waals surface area contributed by atoms with Crippen molar-refractivity contribution in [3.05, 3.63) is 63.2 Å². The summed E-state index contributed by atoms with van der Waals surface area (Å²) >= 11 is 6.10. The summed E-state index contributed by atoms with van der Waals surface area (Å²) in [5.41, 5.74) is 2.11. The Labute approximate surface area is 179 Å². The summed E-state index contributed by atoms with van der Waals surface area (Å²) in [6.45, 7) is 2.83. The number of rotatable bonds is 6. The van der Waals surface area contributed by atoms with Gasteiger partial charge in [-0.25, -0.2) is 0 Å². The molecule has 0 aromatic heterocycles. The van der Waals surface area contributed by atoms with Crippen LogP contribution in [-0.4, -0.2) is 36.4 Å². The van der Waals surface area contributed by atoms with Crippen molar-refractivity contribution < 1.29 is 14.5 Å². The Morgan fingerprint density at radius 3 is 2.57 bits per heavy atom. The lowest BCUT2D eigenvalue weighted by molar-refractivity contribution is -0.384. The largest absolute Gasteiger partial charge is 0.366 e. The number of hydrogen-bond acceptors (Lipinski definition) is 5. The molecule has 3 rings (SSSR count). The molecule has 1 aliphatic rings. The van der Waals surface area contributed by atoms with Crippen molar-refractivity contribution in [3.63, 3.8) is 0 Å². The summed E-state index contributed by atoms with van der Waals surface area (Å²) < 4.78 is 0. The molecule has 0 saturated carbocycles. The van der Waals surface area contributed by atoms with Crippen molar-refractivity contribution >= 4 is 40.5 Å². The molecular weight excluding hydrogens is 408 g/mol. The van der Waals surface area contributed by atoms with E-state index >= 15 is 0 Å². The number of nitro benzene ring substituents is 1. The number of piperidine rings is 1. The molecule has 0 bridgehead atoms. The number of carbonyl (C=O) groups is 2. The van der Waals surface area contributed by atoms with Gasteiger partial charge in [0.1, 0.15) is 5.69 Å². The highest BCUT2D eigenvalue weighted by Crippen LogP contribution is 2.31. The second kappa shape index (κ2) is 9.58. The first-order valence-electron chi connectivity index (χ1n) is 9.67. The number of halogens is 1. The molecule has 8 nitrogen and oxygen atoms in total. The zero-order valence-corrected chi connectivity index (χ0v) is 17.3. The third-order valence-electron chi connectivity index (χ3n) is 5.11. The number of nitrogens with one attached hydrogen (secondary N) is 2.